The zero-order chi connectivity index (χ0) is 38.5. The Hall–Kier alpha value is -3.88. The molecule has 0 unspecified atom stereocenters. The van der Waals surface area contributed by atoms with E-state index in [9.17, 15) is 30.7 Å². The second kappa shape index (κ2) is 16.4. The van der Waals surface area contributed by atoms with Gasteiger partial charge in [0.25, 0.3) is 10.1 Å². The monoisotopic (exact) mass is 751 g/mol. The van der Waals surface area contributed by atoms with E-state index in [-0.39, 0.29) is 17.7 Å². The van der Waals surface area contributed by atoms with Crippen LogP contribution in [0.5, 0.6) is 0 Å². The van der Waals surface area contributed by atoms with E-state index in [1.165, 1.54) is 12.1 Å². The van der Waals surface area contributed by atoms with E-state index in [1.54, 1.807) is 6.07 Å². The maximum Gasteiger partial charge on any atom is 0.303 e. The predicted molar refractivity (Wildman–Crippen MR) is 203 cm³/mol. The van der Waals surface area contributed by atoms with Crippen molar-refractivity contribution in [3.8, 4) is 0 Å². The van der Waals surface area contributed by atoms with Crippen LogP contribution in [0.15, 0.2) is 89.5 Å². The normalized spacial score (nSPS) is 17.8. The lowest BCUT2D eigenvalue weighted by molar-refractivity contribution is -0.436. The van der Waals surface area contributed by atoms with Gasteiger partial charge in [0, 0.05) is 66.2 Å². The number of carbonyl (C=O) groups is 1. The van der Waals surface area contributed by atoms with Crippen LogP contribution in [0.25, 0.3) is 0 Å². The number of hydrogen-bond donors (Lipinski definition) is 2. The van der Waals surface area contributed by atoms with Gasteiger partial charge >= 0.3 is 5.97 Å². The highest BCUT2D eigenvalue weighted by Gasteiger charge is 2.44. The number of hydrogen-bond acceptors (Lipinski definition) is 8. The number of carboxylic acids is 1. The zero-order valence-corrected chi connectivity index (χ0v) is 32.1. The molecule has 0 aromatic heterocycles. The predicted octanol–water partition coefficient (Wildman–Crippen LogP) is 5.99. The van der Waals surface area contributed by atoms with Gasteiger partial charge in [0.15, 0.2) is 5.71 Å². The van der Waals surface area contributed by atoms with Crippen molar-refractivity contribution in [1.82, 2.24) is 4.90 Å². The molecular weight excluding hydrogens is 703 g/mol. The van der Waals surface area contributed by atoms with Gasteiger partial charge in [0.2, 0.25) is 5.69 Å². The van der Waals surface area contributed by atoms with Crippen LogP contribution < -0.4 is 4.90 Å². The number of benzene rings is 2. The molecule has 0 amide bonds. The van der Waals surface area contributed by atoms with Crippen LogP contribution in [0.2, 0.25) is 0 Å². The lowest BCUT2D eigenvalue weighted by Gasteiger charge is -2.27. The number of allylic oxidation sites excluding steroid dienone is 8. The fourth-order valence-corrected chi connectivity index (χ4v) is 8.01. The van der Waals surface area contributed by atoms with E-state index < -0.39 is 42.8 Å². The van der Waals surface area contributed by atoms with Gasteiger partial charge in [0.1, 0.15) is 6.54 Å². The van der Waals surface area contributed by atoms with Crippen LogP contribution in [-0.4, -0.2) is 84.6 Å². The Balaban J connectivity index is 1.55. The second-order valence-corrected chi connectivity index (χ2v) is 17.2. The van der Waals surface area contributed by atoms with Crippen LogP contribution in [0.3, 0.4) is 0 Å². The van der Waals surface area contributed by atoms with Gasteiger partial charge in [0.05, 0.1) is 20.4 Å². The SMILES string of the molecule is [CH]CC[N+]1=C(/C=C/C=C/C=C/C=C2/N(CCCS(=O)(=O)[O-])c3ccc(CN(C)CCCC(=O)O)cc3C2(C)C)C(C)(C)c2cc(S(=O)(=O)O)ccc21. The van der Waals surface area contributed by atoms with Crippen LogP contribution in [0.4, 0.5) is 11.4 Å². The zero-order valence-electron chi connectivity index (χ0n) is 30.4. The number of fused-ring (bicyclic) bond motifs is 2. The molecule has 2 heterocycles. The molecule has 0 atom stereocenters. The van der Waals surface area contributed by atoms with E-state index in [0.29, 0.717) is 39.0 Å². The van der Waals surface area contributed by atoms with E-state index in [4.69, 9.17) is 12.0 Å². The molecule has 2 aromatic rings. The molecular formula is C39H49N3O8S2. The van der Waals surface area contributed by atoms with Gasteiger partial charge in [-0.25, -0.2) is 8.42 Å². The standard InChI is InChI=1S/C39H49N3O8S2/c1-7-22-41-34-21-19-30(52(48,49)50)27-32(34)39(4,5)35(41)15-11-9-8-10-12-16-36-38(2,3)31-26-29(28-40(6)23-13-17-37(43)44)18-20-33(31)42(36)24-14-25-51(45,46)47/h1,8-12,15-16,18-21,26-27H,7,13-14,17,22-25,28H2,2-6H3,(H2-,43,44,45,46,47,48,49,50). The Morgan fingerprint density at radius 3 is 2.31 bits per heavy atom. The van der Waals surface area contributed by atoms with Crippen molar-refractivity contribution in [2.45, 2.75) is 75.6 Å². The Kier molecular flexibility index (Phi) is 12.9. The molecule has 280 valence electrons. The van der Waals surface area contributed by atoms with Crippen LogP contribution in [0, 0.1) is 6.92 Å². The number of rotatable bonds is 17. The highest BCUT2D eigenvalue weighted by Crippen LogP contribution is 2.48. The first-order valence-corrected chi connectivity index (χ1v) is 20.2. The molecule has 13 heteroatoms. The summed E-state index contributed by atoms with van der Waals surface area (Å²) in [7, 11) is -6.76. The fourth-order valence-electron chi connectivity index (χ4n) is 7.02. The molecule has 0 fully saturated rings. The number of carboxylic acid groups (broad SMARTS) is 1. The van der Waals surface area contributed by atoms with Crippen molar-refractivity contribution in [2.75, 3.05) is 37.3 Å². The largest absolute Gasteiger partial charge is 0.748 e. The van der Waals surface area contributed by atoms with Crippen LogP contribution >= 0.6 is 0 Å². The van der Waals surface area contributed by atoms with Gasteiger partial charge < -0.3 is 19.5 Å². The molecule has 0 saturated carbocycles. The smallest absolute Gasteiger partial charge is 0.303 e. The van der Waals surface area contributed by atoms with Crippen molar-refractivity contribution in [1.29, 1.82) is 0 Å². The molecule has 4 rings (SSSR count). The summed E-state index contributed by atoms with van der Waals surface area (Å²) in [5.74, 6) is -1.27. The molecule has 0 spiro atoms. The summed E-state index contributed by atoms with van der Waals surface area (Å²) < 4.78 is 69.5. The minimum atomic E-state index is -4.36. The average Bonchev–Trinajstić information content (AvgIpc) is 3.37. The van der Waals surface area contributed by atoms with Gasteiger partial charge in [-0.2, -0.15) is 13.0 Å². The van der Waals surface area contributed by atoms with E-state index >= 15 is 0 Å². The molecule has 2 aliphatic heterocycles. The summed E-state index contributed by atoms with van der Waals surface area (Å²) in [6.45, 7) is 16.3. The Bertz CT molecular complexity index is 2040. The lowest BCUT2D eigenvalue weighted by atomic mass is 9.81. The Morgan fingerprint density at radius 1 is 0.962 bits per heavy atom. The van der Waals surface area contributed by atoms with Crippen molar-refractivity contribution < 1.29 is 40.4 Å². The summed E-state index contributed by atoms with van der Waals surface area (Å²) >= 11 is 0. The first-order chi connectivity index (χ1) is 24.3. The minimum absolute atomic E-state index is 0.116. The van der Waals surface area contributed by atoms with Gasteiger partial charge in [-0.1, -0.05) is 56.4 Å². The Labute approximate surface area is 308 Å². The Morgan fingerprint density at radius 2 is 1.65 bits per heavy atom. The maximum atomic E-state index is 11.8. The van der Waals surface area contributed by atoms with E-state index in [1.807, 2.05) is 75.6 Å². The molecule has 2 N–H and O–H groups in total. The number of nitrogens with zero attached hydrogens (tertiary/aromatic N) is 3. The minimum Gasteiger partial charge on any atom is -0.748 e. The second-order valence-electron chi connectivity index (χ2n) is 14.3. The summed E-state index contributed by atoms with van der Waals surface area (Å²) in [4.78, 5) is 14.9. The topological polar surface area (TPSA) is 158 Å². The molecule has 11 nitrogen and oxygen atoms in total. The number of aliphatic carboxylic acids is 1. The summed E-state index contributed by atoms with van der Waals surface area (Å²) in [5.41, 5.74) is 5.63. The quantitative estimate of drug-likeness (QED) is 0.112. The highest BCUT2D eigenvalue weighted by atomic mass is 32.2. The molecule has 0 aliphatic carbocycles. The molecule has 2 aliphatic rings. The van der Waals surface area contributed by atoms with Gasteiger partial charge in [-0.05, 0) is 82.6 Å². The first-order valence-electron chi connectivity index (χ1n) is 17.2. The third-order valence-electron chi connectivity index (χ3n) is 9.58. The highest BCUT2D eigenvalue weighted by molar-refractivity contribution is 7.86. The van der Waals surface area contributed by atoms with Crippen molar-refractivity contribution in [3.05, 3.63) is 108 Å². The molecule has 0 saturated heterocycles. The maximum absolute atomic E-state index is 11.8. The van der Waals surface area contributed by atoms with E-state index in [0.717, 1.165) is 39.5 Å². The summed E-state index contributed by atoms with van der Waals surface area (Å²) in [6, 6.07) is 10.8. The first kappa shape index (κ1) is 40.9. The third-order valence-corrected chi connectivity index (χ3v) is 11.2. The molecule has 52 heavy (non-hydrogen) atoms. The van der Waals surface area contributed by atoms with Crippen LogP contribution in [-0.2, 0) is 42.4 Å². The van der Waals surface area contributed by atoms with Crippen LogP contribution in [0.1, 0.15) is 70.1 Å². The number of anilines is 1. The third kappa shape index (κ3) is 9.75. The van der Waals surface area contributed by atoms with E-state index in [2.05, 4.69) is 34.3 Å². The lowest BCUT2D eigenvalue weighted by Crippen LogP contribution is -2.28. The van der Waals surface area contributed by atoms with Crippen molar-refractivity contribution in [2.24, 2.45) is 0 Å². The van der Waals surface area contributed by atoms with Crippen molar-refractivity contribution >= 4 is 43.3 Å². The van der Waals surface area contributed by atoms with Crippen molar-refractivity contribution in [3.63, 3.8) is 0 Å². The average molecular weight is 752 g/mol. The molecule has 2 aromatic carbocycles. The fraction of sp³-hybridized carbons (Fsp3) is 0.410. The summed E-state index contributed by atoms with van der Waals surface area (Å²) in [5, 5.41) is 8.97. The van der Waals surface area contributed by atoms with Gasteiger partial charge in [-0.15, -0.1) is 0 Å². The van der Waals surface area contributed by atoms with Gasteiger partial charge in [-0.3, -0.25) is 9.35 Å². The molecule has 2 radical (unpaired) electrons. The molecule has 0 bridgehead atoms. The summed E-state index contributed by atoms with van der Waals surface area (Å²) in [6.07, 6.45) is 14.7.